The molecule has 1 aromatic heterocycles. The number of aromatic amines is 1. The Labute approximate surface area is 286 Å². The summed E-state index contributed by atoms with van der Waals surface area (Å²) >= 11 is 18.2. The molecule has 2 aliphatic heterocycles. The van der Waals surface area contributed by atoms with Crippen LogP contribution in [0.2, 0.25) is 10.0 Å². The second kappa shape index (κ2) is 12.8. The number of aromatic nitrogens is 1. The molecular weight excluding hydrogens is 702 g/mol. The lowest BCUT2D eigenvalue weighted by molar-refractivity contribution is 0.0684. The number of halogens is 6. The second-order valence-corrected chi connectivity index (χ2v) is 13.6. The maximum Gasteiger partial charge on any atom is 0.362 e. The lowest BCUT2D eigenvalue weighted by Gasteiger charge is -2.36. The van der Waals surface area contributed by atoms with Gasteiger partial charge in [0.1, 0.15) is 22.8 Å². The normalized spacial score (nSPS) is 18.0. The van der Waals surface area contributed by atoms with Crippen LogP contribution in [0.1, 0.15) is 58.9 Å². The number of methoxy groups -OCH3 is 1. The van der Waals surface area contributed by atoms with Gasteiger partial charge in [0, 0.05) is 30.6 Å². The fourth-order valence-corrected chi connectivity index (χ4v) is 7.69. The number of rotatable bonds is 8. The standard InChI is InChI=1S/C31H25Cl3F3N5O4S/c1-46-22-12-17-15(11-21(22)41-10-2-9-40(30(41)45)16-3-4-16)14-42(20(17)7-8-38)29(44)25-23(13-24(31(34,36)37)39-28(25)43)47-27-18(32)5-6-19(35)26(27)33/h5-6,11-13,16,20H,2-4,7,9-10,14H2,1H3,(H,39,43). The zero-order valence-electron chi connectivity index (χ0n) is 24.6. The number of benzene rings is 2. The Morgan fingerprint density at radius 3 is 2.60 bits per heavy atom. The summed E-state index contributed by atoms with van der Waals surface area (Å²) in [6, 6.07) is 7.69. The quantitative estimate of drug-likeness (QED) is 0.189. The van der Waals surface area contributed by atoms with E-state index >= 15 is 0 Å². The zero-order valence-corrected chi connectivity index (χ0v) is 27.7. The molecule has 2 aromatic carbocycles. The van der Waals surface area contributed by atoms with E-state index in [1.807, 2.05) is 9.88 Å². The summed E-state index contributed by atoms with van der Waals surface area (Å²) in [6.07, 6.45) is 2.48. The molecule has 3 heterocycles. The van der Waals surface area contributed by atoms with Gasteiger partial charge in [0.25, 0.3) is 11.5 Å². The molecule has 1 N–H and O–H groups in total. The Morgan fingerprint density at radius 1 is 1.19 bits per heavy atom. The van der Waals surface area contributed by atoms with Crippen LogP contribution in [0.5, 0.6) is 5.75 Å². The number of amides is 3. The highest BCUT2D eigenvalue weighted by molar-refractivity contribution is 7.99. The highest BCUT2D eigenvalue weighted by Gasteiger charge is 2.41. The van der Waals surface area contributed by atoms with Crippen molar-refractivity contribution < 1.29 is 27.5 Å². The Hall–Kier alpha value is -3.57. The summed E-state index contributed by atoms with van der Waals surface area (Å²) in [5, 5.41) is 5.22. The van der Waals surface area contributed by atoms with Crippen LogP contribution < -0.4 is 15.2 Å². The van der Waals surface area contributed by atoms with Gasteiger partial charge in [0.05, 0.1) is 46.3 Å². The minimum Gasteiger partial charge on any atom is -0.495 e. The lowest BCUT2D eigenvalue weighted by atomic mass is 10.0. The molecule has 1 aliphatic carbocycles. The SMILES string of the molecule is COc1cc2c(cc1N1CCCN(C3CC3)C1=O)CN(C(=O)c1c(Sc3c(Cl)ccc(F)c3Cl)cc(C(F)(F)Cl)[nH]c1=O)C2CC#N. The number of anilines is 1. The summed E-state index contributed by atoms with van der Waals surface area (Å²) in [5.41, 5.74) is -1.09. The monoisotopic (exact) mass is 725 g/mol. The van der Waals surface area contributed by atoms with Crippen molar-refractivity contribution in [3.63, 3.8) is 0 Å². The van der Waals surface area contributed by atoms with Gasteiger partial charge in [-0.05, 0) is 72.3 Å². The van der Waals surface area contributed by atoms with Crippen molar-refractivity contribution in [1.82, 2.24) is 14.8 Å². The van der Waals surface area contributed by atoms with Crippen molar-refractivity contribution in [3.8, 4) is 11.8 Å². The highest BCUT2D eigenvalue weighted by atomic mass is 35.5. The van der Waals surface area contributed by atoms with Crippen LogP contribution in [-0.4, -0.2) is 53.0 Å². The number of hydrogen-bond donors (Lipinski definition) is 1. The minimum absolute atomic E-state index is 0.0534. The van der Waals surface area contributed by atoms with Crippen molar-refractivity contribution in [1.29, 1.82) is 5.26 Å². The summed E-state index contributed by atoms with van der Waals surface area (Å²) in [7, 11) is 1.45. The van der Waals surface area contributed by atoms with E-state index in [-0.39, 0.29) is 39.9 Å². The number of alkyl halides is 3. The summed E-state index contributed by atoms with van der Waals surface area (Å²) in [6.45, 7) is 1.04. The van der Waals surface area contributed by atoms with Crippen LogP contribution in [0.25, 0.3) is 0 Å². The zero-order chi connectivity index (χ0) is 33.8. The third-order valence-corrected chi connectivity index (χ3v) is 10.6. The number of carbonyl (C=O) groups excluding carboxylic acids is 2. The molecule has 9 nitrogen and oxygen atoms in total. The molecule has 3 amide bonds. The third kappa shape index (κ3) is 6.24. The van der Waals surface area contributed by atoms with E-state index in [0.717, 1.165) is 31.4 Å². The number of ether oxygens (including phenoxy) is 1. The van der Waals surface area contributed by atoms with Crippen LogP contribution in [0.3, 0.4) is 0 Å². The van der Waals surface area contributed by atoms with Crippen LogP contribution in [0.4, 0.5) is 23.7 Å². The first-order chi connectivity index (χ1) is 22.3. The Kier molecular flexibility index (Phi) is 9.08. The molecule has 1 saturated carbocycles. The summed E-state index contributed by atoms with van der Waals surface area (Å²) in [4.78, 5) is 47.4. The first kappa shape index (κ1) is 33.3. The molecule has 47 heavy (non-hydrogen) atoms. The van der Waals surface area contributed by atoms with E-state index in [1.165, 1.54) is 18.1 Å². The van der Waals surface area contributed by atoms with Crippen molar-refractivity contribution in [2.45, 2.75) is 59.5 Å². The molecule has 1 unspecified atom stereocenters. The molecule has 0 bridgehead atoms. The van der Waals surface area contributed by atoms with E-state index in [0.29, 0.717) is 47.4 Å². The molecule has 246 valence electrons. The van der Waals surface area contributed by atoms with Crippen LogP contribution in [-0.2, 0) is 11.9 Å². The van der Waals surface area contributed by atoms with Crippen molar-refractivity contribution in [2.75, 3.05) is 25.1 Å². The molecule has 0 radical (unpaired) electrons. The first-order valence-electron chi connectivity index (χ1n) is 14.5. The van der Waals surface area contributed by atoms with E-state index in [1.54, 1.807) is 17.0 Å². The van der Waals surface area contributed by atoms with E-state index < -0.39 is 45.0 Å². The number of nitrogens with zero attached hydrogens (tertiary/aromatic N) is 4. The maximum absolute atomic E-state index is 14.4. The lowest BCUT2D eigenvalue weighted by Crippen LogP contribution is -2.50. The molecule has 0 spiro atoms. The highest BCUT2D eigenvalue weighted by Crippen LogP contribution is 2.46. The number of nitriles is 1. The fourth-order valence-electron chi connectivity index (χ4n) is 5.95. The number of urea groups is 1. The van der Waals surface area contributed by atoms with E-state index in [2.05, 4.69) is 6.07 Å². The molecule has 16 heteroatoms. The predicted octanol–water partition coefficient (Wildman–Crippen LogP) is 7.67. The topological polar surface area (TPSA) is 110 Å². The molecular formula is C31H25Cl3F3N5O4S. The molecule has 1 atom stereocenters. The first-order valence-corrected chi connectivity index (χ1v) is 16.4. The molecule has 1 saturated heterocycles. The average molecular weight is 727 g/mol. The number of nitrogens with one attached hydrogen (secondary N) is 1. The smallest absolute Gasteiger partial charge is 0.362 e. The van der Waals surface area contributed by atoms with Gasteiger partial charge in [-0.2, -0.15) is 14.0 Å². The van der Waals surface area contributed by atoms with Gasteiger partial charge in [0.15, 0.2) is 0 Å². The number of pyridine rings is 1. The van der Waals surface area contributed by atoms with E-state index in [4.69, 9.17) is 39.5 Å². The summed E-state index contributed by atoms with van der Waals surface area (Å²) < 4.78 is 48.5. The van der Waals surface area contributed by atoms with Gasteiger partial charge < -0.3 is 19.5 Å². The van der Waals surface area contributed by atoms with E-state index in [9.17, 15) is 32.8 Å². The molecule has 3 aliphatic rings. The second-order valence-electron chi connectivity index (χ2n) is 11.3. The number of fused-ring (bicyclic) bond motifs is 1. The number of H-pyrrole nitrogens is 1. The largest absolute Gasteiger partial charge is 0.495 e. The maximum atomic E-state index is 14.4. The molecule has 3 aromatic rings. The number of carbonyl (C=O) groups is 2. The van der Waals surface area contributed by atoms with Crippen LogP contribution >= 0.6 is 46.6 Å². The van der Waals surface area contributed by atoms with Gasteiger partial charge in [-0.25, -0.2) is 9.18 Å². The number of hydrogen-bond acceptors (Lipinski definition) is 6. The summed E-state index contributed by atoms with van der Waals surface area (Å²) in [5.74, 6) is -1.39. The predicted molar refractivity (Wildman–Crippen MR) is 170 cm³/mol. The van der Waals surface area contributed by atoms with Crippen LogP contribution in [0, 0.1) is 17.1 Å². The Morgan fingerprint density at radius 2 is 1.94 bits per heavy atom. The van der Waals surface area contributed by atoms with Crippen LogP contribution in [0.15, 0.2) is 44.9 Å². The molecule has 2 fully saturated rings. The van der Waals surface area contributed by atoms with Gasteiger partial charge in [0.2, 0.25) is 0 Å². The van der Waals surface area contributed by atoms with Crippen molar-refractivity contribution in [2.24, 2.45) is 0 Å². The fraction of sp³-hybridized carbons (Fsp3) is 0.355. The van der Waals surface area contributed by atoms with Gasteiger partial charge in [-0.15, -0.1) is 0 Å². The van der Waals surface area contributed by atoms with Gasteiger partial charge >= 0.3 is 11.4 Å². The van der Waals surface area contributed by atoms with Crippen molar-refractivity contribution in [3.05, 3.63) is 78.9 Å². The average Bonchev–Trinajstić information content (AvgIpc) is 3.81. The Bertz CT molecular complexity index is 1900. The minimum atomic E-state index is -4.02. The van der Waals surface area contributed by atoms with Gasteiger partial charge in [-0.1, -0.05) is 35.0 Å². The van der Waals surface area contributed by atoms with Gasteiger partial charge in [-0.3, -0.25) is 14.5 Å². The Balaban J connectivity index is 1.42. The third-order valence-electron chi connectivity index (χ3n) is 8.33. The molecule has 6 rings (SSSR count). The van der Waals surface area contributed by atoms with Crippen molar-refractivity contribution >= 4 is 64.2 Å².